The summed E-state index contributed by atoms with van der Waals surface area (Å²) in [6.45, 7) is 12.3. The summed E-state index contributed by atoms with van der Waals surface area (Å²) in [5.74, 6) is 0.617. The maximum Gasteiger partial charge on any atom is 0.255 e. The molecule has 3 N–H and O–H groups in total. The largest absolute Gasteiger partial charge is 0.507 e. The number of benzene rings is 1. The Bertz CT molecular complexity index is 637. The number of nitrogens with one attached hydrogen (secondary N) is 2. The van der Waals surface area contributed by atoms with Crippen LogP contribution >= 0.6 is 24.0 Å². The maximum atomic E-state index is 12.1. The van der Waals surface area contributed by atoms with Gasteiger partial charge in [-0.1, -0.05) is 26.0 Å². The molecule has 0 aromatic heterocycles. The number of rotatable bonds is 8. The molecule has 1 unspecified atom stereocenters. The number of phenols is 1. The van der Waals surface area contributed by atoms with Gasteiger partial charge in [0.15, 0.2) is 5.96 Å². The van der Waals surface area contributed by atoms with E-state index >= 15 is 0 Å². The number of amides is 1. The molecule has 158 valence electrons. The van der Waals surface area contributed by atoms with E-state index < -0.39 is 0 Å². The van der Waals surface area contributed by atoms with Crippen molar-refractivity contribution in [1.82, 2.24) is 20.4 Å². The molecule has 0 bridgehead atoms. The van der Waals surface area contributed by atoms with Gasteiger partial charge in [0.1, 0.15) is 5.75 Å². The lowest BCUT2D eigenvalue weighted by molar-refractivity contribution is 0.0952. The average molecular weight is 503 g/mol. The van der Waals surface area contributed by atoms with Crippen molar-refractivity contribution >= 4 is 35.8 Å². The van der Waals surface area contributed by atoms with Crippen LogP contribution < -0.4 is 10.6 Å². The van der Waals surface area contributed by atoms with Gasteiger partial charge < -0.3 is 20.6 Å². The molecule has 1 atom stereocenters. The summed E-state index contributed by atoms with van der Waals surface area (Å²) < 4.78 is 0. The van der Waals surface area contributed by atoms with Crippen molar-refractivity contribution < 1.29 is 9.90 Å². The summed E-state index contributed by atoms with van der Waals surface area (Å²) in [5, 5.41) is 15.9. The Morgan fingerprint density at radius 3 is 2.61 bits per heavy atom. The van der Waals surface area contributed by atoms with Gasteiger partial charge in [-0.3, -0.25) is 14.7 Å². The van der Waals surface area contributed by atoms with Gasteiger partial charge in [0, 0.05) is 32.2 Å². The van der Waals surface area contributed by atoms with Crippen LogP contribution in [0.2, 0.25) is 0 Å². The first-order valence-corrected chi connectivity index (χ1v) is 9.94. The third-order valence-electron chi connectivity index (χ3n) is 4.93. The summed E-state index contributed by atoms with van der Waals surface area (Å²) >= 11 is 0. The van der Waals surface area contributed by atoms with Crippen LogP contribution in [0.1, 0.15) is 37.6 Å². The van der Waals surface area contributed by atoms with Gasteiger partial charge in [-0.25, -0.2) is 0 Å². The molecule has 1 saturated heterocycles. The zero-order valence-electron chi connectivity index (χ0n) is 17.1. The van der Waals surface area contributed by atoms with Crippen molar-refractivity contribution in [2.45, 2.75) is 33.2 Å². The molecule has 1 aliphatic rings. The van der Waals surface area contributed by atoms with Crippen LogP contribution in [0.5, 0.6) is 5.75 Å². The van der Waals surface area contributed by atoms with E-state index in [1.165, 1.54) is 6.07 Å². The molecule has 0 saturated carbocycles. The minimum atomic E-state index is -0.281. The molecule has 1 heterocycles. The second kappa shape index (κ2) is 12.8. The minimum Gasteiger partial charge on any atom is -0.507 e. The van der Waals surface area contributed by atoms with Crippen LogP contribution in [0.15, 0.2) is 29.3 Å². The number of aliphatic imine (C=N–C) groups is 1. The van der Waals surface area contributed by atoms with Crippen molar-refractivity contribution in [1.29, 1.82) is 0 Å². The monoisotopic (exact) mass is 503 g/mol. The zero-order chi connectivity index (χ0) is 19.6. The summed E-state index contributed by atoms with van der Waals surface area (Å²) in [5.41, 5.74) is 0.287. The van der Waals surface area contributed by atoms with Crippen molar-refractivity contribution in [2.75, 3.05) is 45.8 Å². The fourth-order valence-corrected chi connectivity index (χ4v) is 3.49. The van der Waals surface area contributed by atoms with E-state index in [0.717, 1.165) is 45.1 Å². The van der Waals surface area contributed by atoms with Gasteiger partial charge in [-0.2, -0.15) is 0 Å². The number of carbonyl (C=O) groups is 1. The first-order valence-electron chi connectivity index (χ1n) is 9.94. The van der Waals surface area contributed by atoms with Gasteiger partial charge in [0.25, 0.3) is 5.91 Å². The highest BCUT2D eigenvalue weighted by Gasteiger charge is 2.27. The molecule has 1 amide bonds. The molecule has 8 heteroatoms. The molecular formula is C20H34IN5O2. The quantitative estimate of drug-likeness (QED) is 0.219. The van der Waals surface area contributed by atoms with Crippen molar-refractivity contribution in [3.05, 3.63) is 29.8 Å². The Balaban J connectivity index is 0.00000392. The number of aromatic hydroxyl groups is 1. The molecule has 1 aliphatic heterocycles. The third-order valence-corrected chi connectivity index (χ3v) is 4.93. The maximum absolute atomic E-state index is 12.1. The predicted octanol–water partition coefficient (Wildman–Crippen LogP) is 2.12. The number of halogens is 1. The number of phenolic OH excluding ortho intramolecular Hbond substituents is 1. The normalized spacial score (nSPS) is 16.8. The highest BCUT2D eigenvalue weighted by Crippen LogP contribution is 2.16. The Morgan fingerprint density at radius 1 is 1.25 bits per heavy atom. The van der Waals surface area contributed by atoms with Crippen LogP contribution in [0.3, 0.4) is 0 Å². The number of hydrogen-bond acceptors (Lipinski definition) is 4. The van der Waals surface area contributed by atoms with Crippen LogP contribution in [-0.2, 0) is 0 Å². The number of hydrogen-bond donors (Lipinski definition) is 3. The molecule has 0 spiro atoms. The van der Waals surface area contributed by atoms with Crippen molar-refractivity contribution in [3.8, 4) is 5.75 Å². The highest BCUT2D eigenvalue weighted by atomic mass is 127. The van der Waals surface area contributed by atoms with E-state index in [2.05, 4.69) is 46.2 Å². The summed E-state index contributed by atoms with van der Waals surface area (Å²) in [7, 11) is 0. The van der Waals surface area contributed by atoms with Gasteiger partial charge in [0.05, 0.1) is 12.1 Å². The summed E-state index contributed by atoms with van der Waals surface area (Å²) in [6.07, 6.45) is 1.15. The van der Waals surface area contributed by atoms with Crippen molar-refractivity contribution in [2.24, 2.45) is 4.99 Å². The molecule has 2 rings (SSSR count). The SMILES string of the molecule is CCNC(=NCCNC(=O)c1ccccc1O)N1CCC(N(CC)CC)C1.I. The molecular weight excluding hydrogens is 469 g/mol. The Morgan fingerprint density at radius 2 is 1.96 bits per heavy atom. The second-order valence-electron chi connectivity index (χ2n) is 6.62. The number of likely N-dealkylation sites (tertiary alicyclic amines) is 1. The van der Waals surface area contributed by atoms with Gasteiger partial charge in [-0.15, -0.1) is 24.0 Å². The number of para-hydroxylation sites is 1. The average Bonchev–Trinajstić information content (AvgIpc) is 3.15. The van der Waals surface area contributed by atoms with E-state index in [1.807, 2.05) is 0 Å². The van der Waals surface area contributed by atoms with Crippen LogP contribution in [0.25, 0.3) is 0 Å². The molecule has 1 fully saturated rings. The van der Waals surface area contributed by atoms with E-state index in [-0.39, 0.29) is 41.2 Å². The fraction of sp³-hybridized carbons (Fsp3) is 0.600. The molecule has 0 aliphatic carbocycles. The Labute approximate surface area is 185 Å². The Hall–Kier alpha value is -1.55. The van der Waals surface area contributed by atoms with Gasteiger partial charge in [0.2, 0.25) is 0 Å². The lowest BCUT2D eigenvalue weighted by atomic mass is 10.2. The third kappa shape index (κ3) is 6.80. The van der Waals surface area contributed by atoms with Gasteiger partial charge in [-0.05, 0) is 38.6 Å². The number of nitrogens with zero attached hydrogens (tertiary/aromatic N) is 3. The minimum absolute atomic E-state index is 0. The molecule has 28 heavy (non-hydrogen) atoms. The number of likely N-dealkylation sites (N-methyl/N-ethyl adjacent to an activating group) is 1. The standard InChI is InChI=1S/C20H33N5O2.HI/c1-4-21-20(25-14-11-16(15-25)24(5-2)6-3)23-13-12-22-19(27)17-9-7-8-10-18(17)26;/h7-10,16,26H,4-6,11-15H2,1-3H3,(H,21,23)(H,22,27);1H. The Kier molecular flexibility index (Phi) is 11.2. The van der Waals surface area contributed by atoms with Crippen LogP contribution in [-0.4, -0.2) is 78.6 Å². The second-order valence-corrected chi connectivity index (χ2v) is 6.62. The highest BCUT2D eigenvalue weighted by molar-refractivity contribution is 14.0. The summed E-state index contributed by atoms with van der Waals surface area (Å²) in [6, 6.07) is 7.12. The van der Waals surface area contributed by atoms with Crippen LogP contribution in [0, 0.1) is 0 Å². The smallest absolute Gasteiger partial charge is 0.255 e. The number of carbonyl (C=O) groups excluding carboxylic acids is 1. The van der Waals surface area contributed by atoms with E-state index in [9.17, 15) is 9.90 Å². The topological polar surface area (TPSA) is 80.2 Å². The number of guanidine groups is 1. The molecule has 0 radical (unpaired) electrons. The fourth-order valence-electron chi connectivity index (χ4n) is 3.49. The lowest BCUT2D eigenvalue weighted by Gasteiger charge is -2.27. The molecule has 1 aromatic carbocycles. The van der Waals surface area contributed by atoms with Gasteiger partial charge >= 0.3 is 0 Å². The zero-order valence-corrected chi connectivity index (χ0v) is 19.5. The molecule has 7 nitrogen and oxygen atoms in total. The lowest BCUT2D eigenvalue weighted by Crippen LogP contribution is -2.43. The van der Waals surface area contributed by atoms with Crippen molar-refractivity contribution in [3.63, 3.8) is 0 Å². The molecule has 1 aromatic rings. The van der Waals surface area contributed by atoms with E-state index in [1.54, 1.807) is 18.2 Å². The van der Waals surface area contributed by atoms with E-state index in [0.29, 0.717) is 19.1 Å². The summed E-state index contributed by atoms with van der Waals surface area (Å²) in [4.78, 5) is 21.6. The van der Waals surface area contributed by atoms with E-state index in [4.69, 9.17) is 0 Å². The first-order chi connectivity index (χ1) is 13.1. The first kappa shape index (κ1) is 24.5. The predicted molar refractivity (Wildman–Crippen MR) is 125 cm³/mol. The van der Waals surface area contributed by atoms with Crippen LogP contribution in [0.4, 0.5) is 0 Å².